The lowest BCUT2D eigenvalue weighted by Crippen LogP contribution is -2.64. The first-order valence-electron chi connectivity index (χ1n) is 11.6. The van der Waals surface area contributed by atoms with E-state index in [1.807, 2.05) is 0 Å². The third-order valence-electron chi connectivity index (χ3n) is 8.90. The van der Waals surface area contributed by atoms with Gasteiger partial charge in [0.2, 0.25) is 5.91 Å². The molecule has 6 rings (SSSR count). The van der Waals surface area contributed by atoms with Crippen LogP contribution in [0.3, 0.4) is 0 Å². The Hall–Kier alpha value is -1.35. The van der Waals surface area contributed by atoms with Gasteiger partial charge in [0.25, 0.3) is 0 Å². The Morgan fingerprint density at radius 3 is 2.71 bits per heavy atom. The van der Waals surface area contributed by atoms with Gasteiger partial charge >= 0.3 is 0 Å². The Bertz CT molecular complexity index is 748. The minimum atomic E-state index is -0.143. The maximum absolute atomic E-state index is 13.8. The van der Waals surface area contributed by atoms with Crippen molar-refractivity contribution in [2.45, 2.75) is 76.7 Å². The Labute approximate surface area is 170 Å². The van der Waals surface area contributed by atoms with Gasteiger partial charge in [-0.15, -0.1) is 0 Å². The lowest BCUT2D eigenvalue weighted by atomic mass is 9.38. The summed E-state index contributed by atoms with van der Waals surface area (Å²) in [6.45, 7) is 6.69. The fourth-order valence-electron chi connectivity index (χ4n) is 7.95. The average Bonchev–Trinajstić information content (AvgIpc) is 2.69. The second-order valence-corrected chi connectivity index (χ2v) is 10.8. The molecule has 4 aliphatic carbocycles. The number of rotatable bonds is 4. The molecule has 3 heteroatoms. The molecule has 4 bridgehead atoms. The highest BCUT2D eigenvalue weighted by Gasteiger charge is 2.65. The number of nitrogens with one attached hydrogen (secondary N) is 2. The van der Waals surface area contributed by atoms with Crippen molar-refractivity contribution in [1.82, 2.24) is 10.6 Å². The number of piperidine rings is 1. The molecule has 1 amide bonds. The quantitative estimate of drug-likeness (QED) is 0.812. The second kappa shape index (κ2) is 6.58. The molecule has 0 spiro atoms. The third kappa shape index (κ3) is 2.84. The summed E-state index contributed by atoms with van der Waals surface area (Å²) in [5.74, 6) is 1.62. The summed E-state index contributed by atoms with van der Waals surface area (Å²) in [6.07, 6.45) is 9.50. The maximum Gasteiger partial charge on any atom is 0.226 e. The summed E-state index contributed by atoms with van der Waals surface area (Å²) in [5, 5.41) is 7.02. The van der Waals surface area contributed by atoms with E-state index >= 15 is 0 Å². The lowest BCUT2D eigenvalue weighted by Gasteiger charge is -2.66. The normalized spacial score (nSPS) is 44.4. The van der Waals surface area contributed by atoms with E-state index in [4.69, 9.17) is 0 Å². The molecule has 0 aromatic heterocycles. The molecule has 1 aromatic rings. The van der Waals surface area contributed by atoms with E-state index in [0.29, 0.717) is 29.2 Å². The van der Waals surface area contributed by atoms with Crippen LogP contribution < -0.4 is 10.6 Å². The van der Waals surface area contributed by atoms with E-state index in [-0.39, 0.29) is 10.8 Å². The van der Waals surface area contributed by atoms with Gasteiger partial charge < -0.3 is 10.6 Å². The molecular formula is C25H36N2O. The number of benzene rings is 1. The van der Waals surface area contributed by atoms with E-state index < -0.39 is 0 Å². The van der Waals surface area contributed by atoms with Crippen LogP contribution in [0.15, 0.2) is 30.3 Å². The van der Waals surface area contributed by atoms with Crippen LogP contribution in [-0.2, 0) is 10.2 Å². The third-order valence-corrected chi connectivity index (χ3v) is 8.90. The predicted molar refractivity (Wildman–Crippen MR) is 113 cm³/mol. The fourth-order valence-corrected chi connectivity index (χ4v) is 7.95. The van der Waals surface area contributed by atoms with E-state index in [1.165, 1.54) is 31.2 Å². The van der Waals surface area contributed by atoms with Gasteiger partial charge in [0, 0.05) is 6.04 Å². The zero-order valence-corrected chi connectivity index (χ0v) is 17.6. The van der Waals surface area contributed by atoms with Gasteiger partial charge in [0.1, 0.15) is 0 Å². The molecule has 6 atom stereocenters. The topological polar surface area (TPSA) is 41.1 Å². The van der Waals surface area contributed by atoms with Crippen molar-refractivity contribution < 1.29 is 4.79 Å². The molecule has 1 aliphatic heterocycles. The molecule has 1 aromatic carbocycles. The van der Waals surface area contributed by atoms with Crippen molar-refractivity contribution in [3.8, 4) is 0 Å². The number of amides is 1. The van der Waals surface area contributed by atoms with Gasteiger partial charge in [-0.25, -0.2) is 0 Å². The highest BCUT2D eigenvalue weighted by atomic mass is 16.2. The fraction of sp³-hybridized carbons (Fsp3) is 0.720. The smallest absolute Gasteiger partial charge is 0.226 e. The summed E-state index contributed by atoms with van der Waals surface area (Å²) >= 11 is 0. The van der Waals surface area contributed by atoms with E-state index in [0.717, 1.165) is 38.8 Å². The van der Waals surface area contributed by atoms with Crippen molar-refractivity contribution in [3.63, 3.8) is 0 Å². The van der Waals surface area contributed by atoms with Crippen molar-refractivity contribution >= 4 is 5.91 Å². The van der Waals surface area contributed by atoms with Crippen molar-refractivity contribution in [1.29, 1.82) is 0 Å². The van der Waals surface area contributed by atoms with Crippen LogP contribution in [0.4, 0.5) is 0 Å². The largest absolute Gasteiger partial charge is 0.353 e. The van der Waals surface area contributed by atoms with Gasteiger partial charge in [-0.05, 0) is 86.3 Å². The molecule has 3 nitrogen and oxygen atoms in total. The second-order valence-electron chi connectivity index (χ2n) is 10.8. The molecular weight excluding hydrogens is 344 g/mol. The predicted octanol–water partition coefficient (Wildman–Crippen LogP) is 4.42. The number of hydrogen-bond donors (Lipinski definition) is 2. The van der Waals surface area contributed by atoms with Gasteiger partial charge in [-0.3, -0.25) is 4.79 Å². The summed E-state index contributed by atoms with van der Waals surface area (Å²) in [7, 11) is 0. The zero-order chi connectivity index (χ0) is 19.4. The molecule has 1 saturated heterocycles. The van der Waals surface area contributed by atoms with Crippen LogP contribution in [0.5, 0.6) is 0 Å². The first kappa shape index (κ1) is 18.7. The van der Waals surface area contributed by atoms with Crippen LogP contribution in [0.25, 0.3) is 0 Å². The minimum Gasteiger partial charge on any atom is -0.353 e. The monoisotopic (exact) mass is 380 g/mol. The summed E-state index contributed by atoms with van der Waals surface area (Å²) < 4.78 is 0. The lowest BCUT2D eigenvalue weighted by molar-refractivity contribution is -0.164. The average molecular weight is 381 g/mol. The Balaban J connectivity index is 1.48. The number of hydrogen-bond acceptors (Lipinski definition) is 2. The molecule has 5 aliphatic rings. The number of carbonyl (C=O) groups excluding carboxylic acids is 1. The van der Waals surface area contributed by atoms with Crippen LogP contribution in [0.2, 0.25) is 0 Å². The van der Waals surface area contributed by atoms with Gasteiger partial charge in [0.15, 0.2) is 0 Å². The van der Waals surface area contributed by atoms with Gasteiger partial charge in [0.05, 0.1) is 5.41 Å². The Morgan fingerprint density at radius 2 is 1.96 bits per heavy atom. The van der Waals surface area contributed by atoms with Crippen molar-refractivity contribution in [3.05, 3.63) is 35.9 Å². The minimum absolute atomic E-state index is 0.143. The maximum atomic E-state index is 13.8. The highest BCUT2D eigenvalue weighted by Crippen LogP contribution is 2.71. The van der Waals surface area contributed by atoms with E-state index in [1.54, 1.807) is 0 Å². The molecule has 4 saturated carbocycles. The number of carbonyl (C=O) groups is 1. The van der Waals surface area contributed by atoms with Crippen LogP contribution in [0, 0.1) is 22.7 Å². The molecule has 5 unspecified atom stereocenters. The van der Waals surface area contributed by atoms with Gasteiger partial charge in [-0.2, -0.15) is 0 Å². The molecule has 2 N–H and O–H groups in total. The first-order chi connectivity index (χ1) is 13.5. The van der Waals surface area contributed by atoms with E-state index in [2.05, 4.69) is 54.8 Å². The molecule has 1 heterocycles. The summed E-state index contributed by atoms with van der Waals surface area (Å²) in [6, 6.07) is 11.5. The first-order valence-corrected chi connectivity index (χ1v) is 11.6. The van der Waals surface area contributed by atoms with Crippen LogP contribution >= 0.6 is 0 Å². The molecule has 152 valence electrons. The van der Waals surface area contributed by atoms with Crippen LogP contribution in [0.1, 0.15) is 70.8 Å². The summed E-state index contributed by atoms with van der Waals surface area (Å²) in [5.41, 5.74) is 1.93. The summed E-state index contributed by atoms with van der Waals surface area (Å²) in [4.78, 5) is 13.8. The Kier molecular flexibility index (Phi) is 4.39. The van der Waals surface area contributed by atoms with Crippen molar-refractivity contribution in [2.75, 3.05) is 13.1 Å². The standard InChI is InChI=1S/C25H36N2O/c1-3-23-11-19-12-24(15-23,20-7-5-4-6-8-20)17-25(13-19,16-23)22(28)27-21-9-10-26-14-18(21)2/h4-8,18-19,21,26H,3,9-17H2,1-2H3,(H,27,28)/t18?,19?,21?,23?,24-,25?/m1/s1. The Morgan fingerprint density at radius 1 is 1.14 bits per heavy atom. The molecule has 28 heavy (non-hydrogen) atoms. The zero-order valence-electron chi connectivity index (χ0n) is 17.6. The van der Waals surface area contributed by atoms with Gasteiger partial charge in [-0.1, -0.05) is 50.6 Å². The van der Waals surface area contributed by atoms with Crippen LogP contribution in [-0.4, -0.2) is 25.0 Å². The SMILES string of the molecule is CCC12CC3CC(C(=O)NC4CCNCC4C)(C1)C[C@@](c1ccccc1)(C3)C2. The molecule has 0 radical (unpaired) electrons. The van der Waals surface area contributed by atoms with Crippen molar-refractivity contribution in [2.24, 2.45) is 22.7 Å². The highest BCUT2D eigenvalue weighted by molar-refractivity contribution is 5.84. The molecule has 5 fully saturated rings. The van der Waals surface area contributed by atoms with E-state index in [9.17, 15) is 4.79 Å².